The molecule has 4 nitrogen and oxygen atoms in total. The van der Waals surface area contributed by atoms with E-state index in [4.69, 9.17) is 10.5 Å². The van der Waals surface area contributed by atoms with E-state index in [1.54, 1.807) is 0 Å². The monoisotopic (exact) mass is 231 g/mol. The number of hydrogen-bond donors (Lipinski definition) is 1. The number of aryl methyl sites for hydroxylation is 2. The Morgan fingerprint density at radius 2 is 1.82 bits per heavy atom. The van der Waals surface area contributed by atoms with Crippen LogP contribution in [0, 0.1) is 13.8 Å². The largest absolute Gasteiger partial charge is 0.493 e. The summed E-state index contributed by atoms with van der Waals surface area (Å²) >= 11 is 0. The number of nitrogens with zero attached hydrogens (tertiary/aromatic N) is 2. The molecule has 0 aliphatic heterocycles. The normalized spacial score (nSPS) is 10.8. The summed E-state index contributed by atoms with van der Waals surface area (Å²) in [6.45, 7) is 5.21. The topological polar surface area (TPSA) is 61.0 Å². The maximum Gasteiger partial charge on any atom is 0.121 e. The van der Waals surface area contributed by atoms with E-state index in [1.165, 1.54) is 0 Å². The average molecular weight is 231 g/mol. The second kappa shape index (κ2) is 5.10. The van der Waals surface area contributed by atoms with Gasteiger partial charge in [0, 0.05) is 6.07 Å². The molecule has 4 heteroatoms. The molecule has 1 aromatic heterocycles. The molecule has 0 spiro atoms. The minimum atomic E-state index is 0.639. The van der Waals surface area contributed by atoms with Crippen LogP contribution in [0.25, 0.3) is 11.0 Å². The van der Waals surface area contributed by atoms with Crippen LogP contribution >= 0.6 is 0 Å². The maximum absolute atomic E-state index is 5.58. The number of fused-ring (bicyclic) bond motifs is 1. The van der Waals surface area contributed by atoms with Crippen LogP contribution in [0.15, 0.2) is 18.2 Å². The van der Waals surface area contributed by atoms with Gasteiger partial charge in [-0.2, -0.15) is 0 Å². The smallest absolute Gasteiger partial charge is 0.121 e. The lowest BCUT2D eigenvalue weighted by molar-refractivity contribution is 0.314. The molecule has 90 valence electrons. The molecular weight excluding hydrogens is 214 g/mol. The van der Waals surface area contributed by atoms with Crippen LogP contribution in [0.2, 0.25) is 0 Å². The molecule has 0 atom stereocenters. The van der Waals surface area contributed by atoms with Crippen LogP contribution in [-0.2, 0) is 0 Å². The summed E-state index contributed by atoms with van der Waals surface area (Å²) < 4.78 is 5.58. The van der Waals surface area contributed by atoms with Gasteiger partial charge in [-0.25, -0.2) is 9.97 Å². The Morgan fingerprint density at radius 1 is 1.12 bits per heavy atom. The first-order valence-electron chi connectivity index (χ1n) is 5.78. The Balaban J connectivity index is 2.27. The van der Waals surface area contributed by atoms with E-state index in [2.05, 4.69) is 9.97 Å². The van der Waals surface area contributed by atoms with Crippen molar-refractivity contribution < 1.29 is 4.74 Å². The molecule has 0 saturated heterocycles. The zero-order chi connectivity index (χ0) is 12.3. The van der Waals surface area contributed by atoms with Crippen molar-refractivity contribution in [3.8, 4) is 5.75 Å². The van der Waals surface area contributed by atoms with Crippen molar-refractivity contribution in [2.24, 2.45) is 5.73 Å². The first-order valence-corrected chi connectivity index (χ1v) is 5.78. The fourth-order valence-electron chi connectivity index (χ4n) is 1.57. The minimum absolute atomic E-state index is 0.639. The van der Waals surface area contributed by atoms with Crippen molar-refractivity contribution in [1.29, 1.82) is 0 Å². The van der Waals surface area contributed by atoms with Crippen LogP contribution in [-0.4, -0.2) is 23.1 Å². The van der Waals surface area contributed by atoms with Crippen molar-refractivity contribution in [3.63, 3.8) is 0 Å². The summed E-state index contributed by atoms with van der Waals surface area (Å²) in [6.07, 6.45) is 0.858. The Labute approximate surface area is 101 Å². The standard InChI is InChI=1S/C13H17N3O/c1-9-10(2)16-13-8-11(17-7-3-6-14)4-5-12(13)15-9/h4-5,8H,3,6-7,14H2,1-2H3. The lowest BCUT2D eigenvalue weighted by atomic mass is 10.2. The van der Waals surface area contributed by atoms with Gasteiger partial charge in [0.05, 0.1) is 29.0 Å². The third-order valence-corrected chi connectivity index (χ3v) is 2.66. The second-order valence-corrected chi connectivity index (χ2v) is 4.04. The van der Waals surface area contributed by atoms with E-state index in [-0.39, 0.29) is 0 Å². The minimum Gasteiger partial charge on any atom is -0.493 e. The van der Waals surface area contributed by atoms with Gasteiger partial charge in [-0.1, -0.05) is 0 Å². The first-order chi connectivity index (χ1) is 8.20. The first kappa shape index (κ1) is 11.8. The van der Waals surface area contributed by atoms with Crippen molar-refractivity contribution in [3.05, 3.63) is 29.6 Å². The molecule has 0 aliphatic rings. The lowest BCUT2D eigenvalue weighted by Gasteiger charge is -2.07. The molecule has 2 N–H and O–H groups in total. The highest BCUT2D eigenvalue weighted by molar-refractivity contribution is 5.76. The number of benzene rings is 1. The summed E-state index contributed by atoms with van der Waals surface area (Å²) in [5.41, 5.74) is 9.12. The summed E-state index contributed by atoms with van der Waals surface area (Å²) in [5, 5.41) is 0. The fourth-order valence-corrected chi connectivity index (χ4v) is 1.57. The van der Waals surface area contributed by atoms with Gasteiger partial charge in [0.25, 0.3) is 0 Å². The SMILES string of the molecule is Cc1nc2ccc(OCCCN)cc2nc1C. The van der Waals surface area contributed by atoms with Gasteiger partial charge in [0.2, 0.25) is 0 Å². The third kappa shape index (κ3) is 2.71. The molecule has 0 unspecified atom stereocenters. The van der Waals surface area contributed by atoms with Crippen molar-refractivity contribution in [1.82, 2.24) is 9.97 Å². The third-order valence-electron chi connectivity index (χ3n) is 2.66. The van der Waals surface area contributed by atoms with E-state index < -0.39 is 0 Å². The number of hydrogen-bond acceptors (Lipinski definition) is 4. The lowest BCUT2D eigenvalue weighted by Crippen LogP contribution is -2.06. The number of aromatic nitrogens is 2. The number of nitrogens with two attached hydrogens (primary N) is 1. The molecule has 1 heterocycles. The van der Waals surface area contributed by atoms with Crippen LogP contribution in [0.5, 0.6) is 5.75 Å². The van der Waals surface area contributed by atoms with Gasteiger partial charge in [-0.05, 0) is 38.9 Å². The Kier molecular flexibility index (Phi) is 3.54. The average Bonchev–Trinajstić information content (AvgIpc) is 2.31. The van der Waals surface area contributed by atoms with Crippen molar-refractivity contribution in [2.45, 2.75) is 20.3 Å². The molecule has 0 aliphatic carbocycles. The summed E-state index contributed by atoms with van der Waals surface area (Å²) in [5.74, 6) is 0.823. The van der Waals surface area contributed by atoms with E-state index in [1.807, 2.05) is 32.0 Å². The predicted octanol–water partition coefficient (Wildman–Crippen LogP) is 1.97. The van der Waals surface area contributed by atoms with Crippen LogP contribution < -0.4 is 10.5 Å². The van der Waals surface area contributed by atoms with Gasteiger partial charge < -0.3 is 10.5 Å². The highest BCUT2D eigenvalue weighted by Crippen LogP contribution is 2.19. The Bertz CT molecular complexity index is 525. The van der Waals surface area contributed by atoms with Gasteiger partial charge >= 0.3 is 0 Å². The fraction of sp³-hybridized carbons (Fsp3) is 0.385. The molecular formula is C13H17N3O. The molecule has 0 bridgehead atoms. The Hall–Kier alpha value is -1.68. The van der Waals surface area contributed by atoms with Gasteiger partial charge in [-0.15, -0.1) is 0 Å². The van der Waals surface area contributed by atoms with Gasteiger partial charge in [0.1, 0.15) is 5.75 Å². The molecule has 0 amide bonds. The molecule has 2 aromatic rings. The number of ether oxygens (including phenoxy) is 1. The van der Waals surface area contributed by atoms with E-state index in [9.17, 15) is 0 Å². The molecule has 1 aromatic carbocycles. The van der Waals surface area contributed by atoms with Crippen LogP contribution in [0.4, 0.5) is 0 Å². The van der Waals surface area contributed by atoms with Crippen molar-refractivity contribution in [2.75, 3.05) is 13.2 Å². The molecule has 0 radical (unpaired) electrons. The zero-order valence-electron chi connectivity index (χ0n) is 10.2. The molecule has 0 saturated carbocycles. The summed E-state index contributed by atoms with van der Waals surface area (Å²) in [7, 11) is 0. The second-order valence-electron chi connectivity index (χ2n) is 4.04. The quantitative estimate of drug-likeness (QED) is 0.817. The molecule has 0 fully saturated rings. The van der Waals surface area contributed by atoms with Crippen LogP contribution in [0.3, 0.4) is 0 Å². The van der Waals surface area contributed by atoms with Crippen LogP contribution in [0.1, 0.15) is 17.8 Å². The summed E-state index contributed by atoms with van der Waals surface area (Å²) in [6, 6.07) is 5.78. The van der Waals surface area contributed by atoms with Gasteiger partial charge in [-0.3, -0.25) is 0 Å². The van der Waals surface area contributed by atoms with Gasteiger partial charge in [0.15, 0.2) is 0 Å². The van der Waals surface area contributed by atoms with E-state index >= 15 is 0 Å². The van der Waals surface area contributed by atoms with E-state index in [0.29, 0.717) is 13.2 Å². The predicted molar refractivity (Wildman–Crippen MR) is 68.2 cm³/mol. The maximum atomic E-state index is 5.58. The molecule has 2 rings (SSSR count). The highest BCUT2D eigenvalue weighted by Gasteiger charge is 2.03. The Morgan fingerprint density at radius 3 is 2.53 bits per heavy atom. The summed E-state index contributed by atoms with van der Waals surface area (Å²) in [4.78, 5) is 8.97. The molecule has 17 heavy (non-hydrogen) atoms. The van der Waals surface area contributed by atoms with E-state index in [0.717, 1.165) is 34.6 Å². The number of rotatable bonds is 4. The highest BCUT2D eigenvalue weighted by atomic mass is 16.5. The zero-order valence-corrected chi connectivity index (χ0v) is 10.2. The van der Waals surface area contributed by atoms with Crippen molar-refractivity contribution >= 4 is 11.0 Å².